The van der Waals surface area contributed by atoms with Crippen molar-refractivity contribution in [1.29, 1.82) is 0 Å². The fourth-order valence-corrected chi connectivity index (χ4v) is 1.88. The molecular weight excluding hydrogens is 170 g/mol. The first-order valence-corrected chi connectivity index (χ1v) is 5.33. The van der Waals surface area contributed by atoms with E-state index < -0.39 is 0 Å². The molecule has 1 aliphatic rings. The van der Waals surface area contributed by atoms with Crippen LogP contribution in [0.3, 0.4) is 0 Å². The summed E-state index contributed by atoms with van der Waals surface area (Å²) in [5.41, 5.74) is 4.64. The van der Waals surface area contributed by atoms with Gasteiger partial charge < -0.3 is 0 Å². The molecule has 0 atom stereocenters. The van der Waals surface area contributed by atoms with Crippen LogP contribution < -0.4 is 5.32 Å². The maximum absolute atomic E-state index is 4.41. The van der Waals surface area contributed by atoms with E-state index in [1.54, 1.807) is 0 Å². The molecule has 75 valence electrons. The highest BCUT2D eigenvalue weighted by Crippen LogP contribution is 2.25. The standard InChI is InChI=1S/C13H18N/c1-13(2,3)12-5-4-11-9-14-7-6-10(11)8-12/h4-5,8H,6-7,9H2,1-3H3. The number of rotatable bonds is 0. The highest BCUT2D eigenvalue weighted by Gasteiger charge is 2.16. The summed E-state index contributed by atoms with van der Waals surface area (Å²) in [6.07, 6.45) is 1.12. The Bertz CT molecular complexity index is 334. The van der Waals surface area contributed by atoms with Crippen LogP contribution in [0.4, 0.5) is 0 Å². The summed E-state index contributed by atoms with van der Waals surface area (Å²) in [6.45, 7) is 8.71. The molecule has 0 aromatic heterocycles. The number of nitrogens with zero attached hydrogens (tertiary/aromatic N) is 1. The van der Waals surface area contributed by atoms with Gasteiger partial charge in [-0.2, -0.15) is 0 Å². The maximum Gasteiger partial charge on any atom is 0.0387 e. The second-order valence-corrected chi connectivity index (χ2v) is 5.09. The number of benzene rings is 1. The van der Waals surface area contributed by atoms with E-state index >= 15 is 0 Å². The average Bonchev–Trinajstić information content (AvgIpc) is 2.16. The summed E-state index contributed by atoms with van der Waals surface area (Å²) in [5.74, 6) is 0. The van der Waals surface area contributed by atoms with Crippen LogP contribution in [-0.2, 0) is 18.4 Å². The molecule has 1 aromatic rings. The van der Waals surface area contributed by atoms with Crippen molar-refractivity contribution in [2.45, 2.75) is 39.2 Å². The topological polar surface area (TPSA) is 14.1 Å². The molecule has 1 heterocycles. The molecule has 0 aliphatic carbocycles. The summed E-state index contributed by atoms with van der Waals surface area (Å²) in [6, 6.07) is 6.86. The zero-order valence-corrected chi connectivity index (χ0v) is 9.30. The SMILES string of the molecule is CC(C)(C)c1ccc2c(c1)CC[N]C2. The van der Waals surface area contributed by atoms with Crippen LogP contribution in [-0.4, -0.2) is 6.54 Å². The van der Waals surface area contributed by atoms with E-state index in [-0.39, 0.29) is 5.41 Å². The molecule has 0 spiro atoms. The molecule has 0 fully saturated rings. The van der Waals surface area contributed by atoms with Gasteiger partial charge in [0.1, 0.15) is 0 Å². The number of hydrogen-bond acceptors (Lipinski definition) is 0. The Balaban J connectivity index is 2.39. The lowest BCUT2D eigenvalue weighted by atomic mass is 9.84. The Morgan fingerprint density at radius 2 is 1.93 bits per heavy atom. The summed E-state index contributed by atoms with van der Waals surface area (Å²) >= 11 is 0. The lowest BCUT2D eigenvalue weighted by molar-refractivity contribution is 0.582. The van der Waals surface area contributed by atoms with Crippen molar-refractivity contribution < 1.29 is 0 Å². The minimum atomic E-state index is 0.267. The molecule has 0 amide bonds. The second kappa shape index (κ2) is 3.39. The van der Waals surface area contributed by atoms with Gasteiger partial charge in [0, 0.05) is 13.1 Å². The Hall–Kier alpha value is -0.820. The lowest BCUT2D eigenvalue weighted by Crippen LogP contribution is -2.19. The van der Waals surface area contributed by atoms with Crippen molar-refractivity contribution >= 4 is 0 Å². The first-order chi connectivity index (χ1) is 6.57. The van der Waals surface area contributed by atoms with Gasteiger partial charge in [0.25, 0.3) is 0 Å². The maximum atomic E-state index is 4.41. The van der Waals surface area contributed by atoms with Gasteiger partial charge in [0.05, 0.1) is 0 Å². The van der Waals surface area contributed by atoms with Gasteiger partial charge in [0.15, 0.2) is 0 Å². The van der Waals surface area contributed by atoms with Gasteiger partial charge >= 0.3 is 0 Å². The van der Waals surface area contributed by atoms with E-state index in [0.29, 0.717) is 0 Å². The van der Waals surface area contributed by atoms with Crippen molar-refractivity contribution in [2.75, 3.05) is 6.54 Å². The van der Waals surface area contributed by atoms with E-state index in [0.717, 1.165) is 19.5 Å². The van der Waals surface area contributed by atoms with Gasteiger partial charge in [-0.25, -0.2) is 5.32 Å². The Labute approximate surface area is 86.5 Å². The summed E-state index contributed by atoms with van der Waals surface area (Å²) in [4.78, 5) is 0. The molecule has 0 N–H and O–H groups in total. The number of hydrogen-bond donors (Lipinski definition) is 0. The van der Waals surface area contributed by atoms with Crippen molar-refractivity contribution in [3.05, 3.63) is 34.9 Å². The Kier molecular flexibility index (Phi) is 2.36. The third kappa shape index (κ3) is 1.83. The second-order valence-electron chi connectivity index (χ2n) is 5.09. The molecular formula is C13H18N. The largest absolute Gasteiger partial charge is 0.237 e. The molecule has 0 unspecified atom stereocenters. The van der Waals surface area contributed by atoms with Gasteiger partial charge in [-0.05, 0) is 28.5 Å². The minimum Gasteiger partial charge on any atom is -0.237 e. The van der Waals surface area contributed by atoms with Crippen molar-refractivity contribution in [1.82, 2.24) is 5.32 Å². The summed E-state index contributed by atoms with van der Waals surface area (Å²) in [5, 5.41) is 4.41. The molecule has 0 saturated carbocycles. The Morgan fingerprint density at radius 3 is 2.64 bits per heavy atom. The van der Waals surface area contributed by atoms with Crippen LogP contribution in [0, 0.1) is 0 Å². The number of fused-ring (bicyclic) bond motifs is 1. The van der Waals surface area contributed by atoms with Gasteiger partial charge in [0.2, 0.25) is 0 Å². The quantitative estimate of drug-likeness (QED) is 0.594. The molecule has 1 nitrogen and oxygen atoms in total. The average molecular weight is 188 g/mol. The predicted molar refractivity (Wildman–Crippen MR) is 59.6 cm³/mol. The van der Waals surface area contributed by atoms with Gasteiger partial charge in [-0.3, -0.25) is 0 Å². The van der Waals surface area contributed by atoms with Crippen LogP contribution in [0.5, 0.6) is 0 Å². The first-order valence-electron chi connectivity index (χ1n) is 5.33. The third-order valence-corrected chi connectivity index (χ3v) is 2.89. The molecule has 2 rings (SSSR count). The fourth-order valence-electron chi connectivity index (χ4n) is 1.88. The minimum absolute atomic E-state index is 0.267. The Morgan fingerprint density at radius 1 is 1.14 bits per heavy atom. The van der Waals surface area contributed by atoms with Crippen molar-refractivity contribution in [2.24, 2.45) is 0 Å². The molecule has 14 heavy (non-hydrogen) atoms. The van der Waals surface area contributed by atoms with Crippen LogP contribution in [0.15, 0.2) is 18.2 Å². The third-order valence-electron chi connectivity index (χ3n) is 2.89. The zero-order chi connectivity index (χ0) is 10.2. The molecule has 1 heteroatoms. The van der Waals surface area contributed by atoms with Crippen LogP contribution in [0.2, 0.25) is 0 Å². The zero-order valence-electron chi connectivity index (χ0n) is 9.30. The van der Waals surface area contributed by atoms with E-state index in [9.17, 15) is 0 Å². The predicted octanol–water partition coefficient (Wildman–Crippen LogP) is 2.64. The molecule has 1 radical (unpaired) electrons. The van der Waals surface area contributed by atoms with Gasteiger partial charge in [-0.15, -0.1) is 0 Å². The summed E-state index contributed by atoms with van der Waals surface area (Å²) < 4.78 is 0. The van der Waals surface area contributed by atoms with Crippen LogP contribution in [0.1, 0.15) is 37.5 Å². The van der Waals surface area contributed by atoms with Gasteiger partial charge in [-0.1, -0.05) is 39.0 Å². The normalized spacial score (nSPS) is 16.5. The van der Waals surface area contributed by atoms with E-state index in [1.807, 2.05) is 0 Å². The molecule has 0 saturated heterocycles. The summed E-state index contributed by atoms with van der Waals surface area (Å²) in [7, 11) is 0. The molecule has 1 aromatic carbocycles. The molecule has 0 bridgehead atoms. The highest BCUT2D eigenvalue weighted by molar-refractivity contribution is 5.36. The monoisotopic (exact) mass is 188 g/mol. The molecule has 1 aliphatic heterocycles. The van der Waals surface area contributed by atoms with Crippen molar-refractivity contribution in [3.8, 4) is 0 Å². The first kappa shape index (κ1) is 9.72. The smallest absolute Gasteiger partial charge is 0.0387 e. The van der Waals surface area contributed by atoms with Crippen molar-refractivity contribution in [3.63, 3.8) is 0 Å². The van der Waals surface area contributed by atoms with Crippen LogP contribution in [0.25, 0.3) is 0 Å². The van der Waals surface area contributed by atoms with E-state index in [4.69, 9.17) is 0 Å². The lowest BCUT2D eigenvalue weighted by Gasteiger charge is -2.23. The van der Waals surface area contributed by atoms with Crippen LogP contribution >= 0.6 is 0 Å². The fraction of sp³-hybridized carbons (Fsp3) is 0.538. The van der Waals surface area contributed by atoms with E-state index in [2.05, 4.69) is 44.3 Å². The van der Waals surface area contributed by atoms with E-state index in [1.165, 1.54) is 16.7 Å². The highest BCUT2D eigenvalue weighted by atomic mass is 14.9.